The molecule has 0 aliphatic rings. The van der Waals surface area contributed by atoms with E-state index in [0.29, 0.717) is 24.2 Å². The zero-order chi connectivity index (χ0) is 23.3. The van der Waals surface area contributed by atoms with Gasteiger partial charge in [0.15, 0.2) is 0 Å². The number of benzene rings is 2. The number of carbonyl (C=O) groups is 3. The molecule has 0 heterocycles. The molecule has 9 heteroatoms. The summed E-state index contributed by atoms with van der Waals surface area (Å²) in [6.07, 6.45) is 0.594. The fraction of sp³-hybridized carbons (Fsp3) is 0.348. The molecule has 0 fully saturated rings. The monoisotopic (exact) mass is 443 g/mol. The van der Waals surface area contributed by atoms with Crippen LogP contribution in [0.25, 0.3) is 0 Å². The number of hydroxylamine groups is 1. The predicted molar refractivity (Wildman–Crippen MR) is 117 cm³/mol. The van der Waals surface area contributed by atoms with Crippen molar-refractivity contribution in [3.63, 3.8) is 0 Å². The Bertz CT molecular complexity index is 873. The van der Waals surface area contributed by atoms with Gasteiger partial charge in [-0.2, -0.15) is 0 Å². The highest BCUT2D eigenvalue weighted by Gasteiger charge is 2.25. The van der Waals surface area contributed by atoms with E-state index in [9.17, 15) is 19.6 Å². The van der Waals surface area contributed by atoms with Crippen molar-refractivity contribution in [1.29, 1.82) is 0 Å². The minimum atomic E-state index is -0.611. The Morgan fingerprint density at radius 2 is 1.66 bits per heavy atom. The molecule has 0 radical (unpaired) electrons. The number of primary amides is 1. The van der Waals surface area contributed by atoms with E-state index < -0.39 is 29.7 Å². The fourth-order valence-electron chi connectivity index (χ4n) is 3.17. The third kappa shape index (κ3) is 8.10. The van der Waals surface area contributed by atoms with E-state index in [1.54, 1.807) is 5.48 Å². The van der Waals surface area contributed by atoms with E-state index in [2.05, 4.69) is 5.32 Å². The van der Waals surface area contributed by atoms with E-state index in [1.807, 2.05) is 37.3 Å². The molecule has 5 N–H and O–H groups in total. The quantitative estimate of drug-likeness (QED) is 0.161. The van der Waals surface area contributed by atoms with Gasteiger partial charge in [-0.3, -0.25) is 19.6 Å². The molecule has 0 saturated heterocycles. The molecule has 32 heavy (non-hydrogen) atoms. The standard InChI is InChI=1S/C23H29N3O6/c1-2-31-15-32-14-20(25-22(28)18-10-8-17(9-11-18)21(24)27)13-19(23(29)26-30)12-16-6-4-3-5-7-16/h3-11,19-20,30H,2,12-15H2,1H3,(H2,24,27)(H,25,28)(H,26,29)/t19-,20-/m0/s1. The van der Waals surface area contributed by atoms with E-state index in [1.165, 1.54) is 24.3 Å². The number of nitrogens with two attached hydrogens (primary N) is 1. The number of ether oxygens (including phenoxy) is 2. The number of carbonyl (C=O) groups excluding carboxylic acids is 3. The Morgan fingerprint density at radius 3 is 2.25 bits per heavy atom. The van der Waals surface area contributed by atoms with Gasteiger partial charge in [0.2, 0.25) is 11.8 Å². The van der Waals surface area contributed by atoms with Crippen molar-refractivity contribution < 1.29 is 29.1 Å². The first-order chi connectivity index (χ1) is 15.4. The summed E-state index contributed by atoms with van der Waals surface area (Å²) in [5.74, 6) is -2.14. The normalized spacial score (nSPS) is 12.6. The van der Waals surface area contributed by atoms with E-state index >= 15 is 0 Å². The van der Waals surface area contributed by atoms with Gasteiger partial charge >= 0.3 is 0 Å². The molecule has 2 rings (SSSR count). The van der Waals surface area contributed by atoms with Crippen molar-refractivity contribution in [2.24, 2.45) is 11.7 Å². The summed E-state index contributed by atoms with van der Waals surface area (Å²) in [6.45, 7) is 2.47. The summed E-state index contributed by atoms with van der Waals surface area (Å²) in [7, 11) is 0. The maximum atomic E-state index is 12.7. The van der Waals surface area contributed by atoms with Crippen molar-refractivity contribution in [3.05, 3.63) is 71.3 Å². The molecular weight excluding hydrogens is 414 g/mol. The number of nitrogens with one attached hydrogen (secondary N) is 2. The van der Waals surface area contributed by atoms with Crippen molar-refractivity contribution in [1.82, 2.24) is 10.8 Å². The van der Waals surface area contributed by atoms with Gasteiger partial charge in [0, 0.05) is 23.7 Å². The molecule has 9 nitrogen and oxygen atoms in total. The lowest BCUT2D eigenvalue weighted by atomic mass is 9.92. The van der Waals surface area contributed by atoms with Crippen LogP contribution in [0.15, 0.2) is 54.6 Å². The third-order valence-electron chi connectivity index (χ3n) is 4.83. The predicted octanol–water partition coefficient (Wildman–Crippen LogP) is 1.65. The van der Waals surface area contributed by atoms with Crippen LogP contribution in [0.3, 0.4) is 0 Å². The van der Waals surface area contributed by atoms with Crippen LogP contribution >= 0.6 is 0 Å². The molecule has 3 amide bonds. The molecule has 0 aliphatic carbocycles. The average Bonchev–Trinajstić information content (AvgIpc) is 2.81. The molecule has 0 unspecified atom stereocenters. The van der Waals surface area contributed by atoms with E-state index in [4.69, 9.17) is 15.2 Å². The molecule has 2 aromatic carbocycles. The fourth-order valence-corrected chi connectivity index (χ4v) is 3.17. The molecule has 0 aromatic heterocycles. The van der Waals surface area contributed by atoms with Crippen LogP contribution in [0, 0.1) is 5.92 Å². The van der Waals surface area contributed by atoms with Gasteiger partial charge in [0.1, 0.15) is 6.79 Å². The van der Waals surface area contributed by atoms with Crippen molar-refractivity contribution in [2.75, 3.05) is 20.0 Å². The van der Waals surface area contributed by atoms with Gasteiger partial charge in [0.05, 0.1) is 12.6 Å². The Balaban J connectivity index is 2.12. The summed E-state index contributed by atoms with van der Waals surface area (Å²) in [5.41, 5.74) is 8.48. The van der Waals surface area contributed by atoms with Gasteiger partial charge in [0.25, 0.3) is 5.91 Å². The Morgan fingerprint density at radius 1 is 1.00 bits per heavy atom. The molecule has 2 aromatic rings. The van der Waals surface area contributed by atoms with Gasteiger partial charge in [-0.1, -0.05) is 30.3 Å². The largest absolute Gasteiger partial charge is 0.366 e. The van der Waals surface area contributed by atoms with Gasteiger partial charge < -0.3 is 20.5 Å². The van der Waals surface area contributed by atoms with Crippen LogP contribution in [0.4, 0.5) is 0 Å². The second kappa shape index (κ2) is 13.2. The van der Waals surface area contributed by atoms with Gasteiger partial charge in [-0.25, -0.2) is 5.48 Å². The summed E-state index contributed by atoms with van der Waals surface area (Å²) in [4.78, 5) is 36.3. The molecule has 0 spiro atoms. The number of amides is 3. The van der Waals surface area contributed by atoms with Crippen LogP contribution in [0.5, 0.6) is 0 Å². The summed E-state index contributed by atoms with van der Waals surface area (Å²) < 4.78 is 10.7. The molecule has 2 atom stereocenters. The molecule has 172 valence electrons. The summed E-state index contributed by atoms with van der Waals surface area (Å²) in [6, 6.07) is 14.8. The van der Waals surface area contributed by atoms with Crippen LogP contribution in [0.1, 0.15) is 39.6 Å². The minimum Gasteiger partial charge on any atom is -0.366 e. The van der Waals surface area contributed by atoms with Crippen molar-refractivity contribution in [2.45, 2.75) is 25.8 Å². The van der Waals surface area contributed by atoms with E-state index in [0.717, 1.165) is 5.56 Å². The molecule has 0 saturated carbocycles. The highest BCUT2D eigenvalue weighted by Crippen LogP contribution is 2.16. The highest BCUT2D eigenvalue weighted by atomic mass is 16.7. The third-order valence-corrected chi connectivity index (χ3v) is 4.83. The summed E-state index contributed by atoms with van der Waals surface area (Å²) >= 11 is 0. The topological polar surface area (TPSA) is 140 Å². The Hall–Kier alpha value is -3.27. The Kier molecular flexibility index (Phi) is 10.3. The lowest BCUT2D eigenvalue weighted by Gasteiger charge is -2.24. The first-order valence-electron chi connectivity index (χ1n) is 10.3. The summed E-state index contributed by atoms with van der Waals surface area (Å²) in [5, 5.41) is 12.1. The maximum Gasteiger partial charge on any atom is 0.251 e. The van der Waals surface area contributed by atoms with Crippen LogP contribution in [-0.4, -0.2) is 49.0 Å². The van der Waals surface area contributed by atoms with Crippen LogP contribution < -0.4 is 16.5 Å². The van der Waals surface area contributed by atoms with Crippen molar-refractivity contribution in [3.8, 4) is 0 Å². The maximum absolute atomic E-state index is 12.7. The lowest BCUT2D eigenvalue weighted by Crippen LogP contribution is -2.42. The molecule has 0 bridgehead atoms. The zero-order valence-corrected chi connectivity index (χ0v) is 18.0. The van der Waals surface area contributed by atoms with Gasteiger partial charge in [-0.15, -0.1) is 0 Å². The number of hydrogen-bond acceptors (Lipinski definition) is 6. The van der Waals surface area contributed by atoms with Crippen LogP contribution in [0.2, 0.25) is 0 Å². The Labute approximate surface area is 186 Å². The second-order valence-corrected chi connectivity index (χ2v) is 7.19. The van der Waals surface area contributed by atoms with E-state index in [-0.39, 0.29) is 19.8 Å². The second-order valence-electron chi connectivity index (χ2n) is 7.19. The number of hydrogen-bond donors (Lipinski definition) is 4. The average molecular weight is 444 g/mol. The first-order valence-corrected chi connectivity index (χ1v) is 10.3. The molecular formula is C23H29N3O6. The van der Waals surface area contributed by atoms with Crippen molar-refractivity contribution >= 4 is 17.7 Å². The smallest absolute Gasteiger partial charge is 0.251 e. The SMILES string of the molecule is CCOCOC[C@H](C[C@H](Cc1ccccc1)C(=O)NO)NC(=O)c1ccc(C(N)=O)cc1. The number of rotatable bonds is 13. The van der Waals surface area contributed by atoms with Gasteiger partial charge in [-0.05, 0) is 49.6 Å². The lowest BCUT2D eigenvalue weighted by molar-refractivity contribution is -0.134. The highest BCUT2D eigenvalue weighted by molar-refractivity contribution is 5.97. The minimum absolute atomic E-state index is 0.0473. The molecule has 0 aliphatic heterocycles. The van der Waals surface area contributed by atoms with Crippen LogP contribution in [-0.2, 0) is 20.7 Å². The zero-order valence-electron chi connectivity index (χ0n) is 18.0. The first kappa shape index (κ1) is 25.0.